The molecule has 1 atom stereocenters. The number of carbonyl (C=O) groups excluding carboxylic acids is 1. The van der Waals surface area contributed by atoms with Crippen LogP contribution < -0.4 is 9.64 Å². The number of nitrogens with zero attached hydrogens (tertiary/aromatic N) is 1. The van der Waals surface area contributed by atoms with E-state index in [-0.39, 0.29) is 12.5 Å². The van der Waals surface area contributed by atoms with Gasteiger partial charge in [-0.05, 0) is 38.5 Å². The highest BCUT2D eigenvalue weighted by molar-refractivity contribution is 6.31. The van der Waals surface area contributed by atoms with Crippen molar-refractivity contribution in [2.75, 3.05) is 11.4 Å². The summed E-state index contributed by atoms with van der Waals surface area (Å²) in [6.45, 7) is 5.09. The molecule has 1 unspecified atom stereocenters. The molecule has 0 bridgehead atoms. The van der Waals surface area contributed by atoms with Crippen molar-refractivity contribution in [1.82, 2.24) is 0 Å². The highest BCUT2D eigenvalue weighted by Gasteiger charge is 2.39. The summed E-state index contributed by atoms with van der Waals surface area (Å²) >= 11 is 5.98. The van der Waals surface area contributed by atoms with Gasteiger partial charge >= 0.3 is 5.97 Å². The summed E-state index contributed by atoms with van der Waals surface area (Å²) in [7, 11) is 0. The van der Waals surface area contributed by atoms with E-state index in [9.17, 15) is 14.7 Å². The van der Waals surface area contributed by atoms with Crippen molar-refractivity contribution in [3.05, 3.63) is 23.2 Å². The van der Waals surface area contributed by atoms with Crippen LogP contribution in [0.2, 0.25) is 5.02 Å². The third kappa shape index (κ3) is 2.97. The molecule has 1 amide bonds. The van der Waals surface area contributed by atoms with Crippen LogP contribution in [-0.4, -0.2) is 29.6 Å². The quantitative estimate of drug-likeness (QED) is 0.928. The van der Waals surface area contributed by atoms with Crippen LogP contribution in [-0.2, 0) is 9.59 Å². The number of fused-ring (bicyclic) bond motifs is 1. The molecule has 2 rings (SSSR count). The van der Waals surface area contributed by atoms with Crippen molar-refractivity contribution in [1.29, 1.82) is 0 Å². The van der Waals surface area contributed by atoms with Gasteiger partial charge in [-0.15, -0.1) is 0 Å². The minimum absolute atomic E-state index is 0.0639. The SMILES string of the molecule is CCC1Oc2ccc(Cl)cc2N(CC(C)(C)C(=O)O)C1=O. The molecule has 0 saturated carbocycles. The van der Waals surface area contributed by atoms with E-state index in [0.29, 0.717) is 22.9 Å². The van der Waals surface area contributed by atoms with Gasteiger partial charge in [0.05, 0.1) is 11.1 Å². The molecule has 6 heteroatoms. The number of aliphatic carboxylic acids is 1. The maximum atomic E-state index is 12.5. The fraction of sp³-hybridized carbons (Fsp3) is 0.467. The normalized spacial score (nSPS) is 18.2. The molecule has 114 valence electrons. The number of halogens is 1. The summed E-state index contributed by atoms with van der Waals surface area (Å²) in [6, 6.07) is 5.01. The predicted molar refractivity (Wildman–Crippen MR) is 79.9 cm³/mol. The highest BCUT2D eigenvalue weighted by Crippen LogP contribution is 2.38. The van der Waals surface area contributed by atoms with Crippen LogP contribution in [0.3, 0.4) is 0 Å². The minimum Gasteiger partial charge on any atom is -0.481 e. The number of ether oxygens (including phenoxy) is 1. The van der Waals surface area contributed by atoms with Crippen molar-refractivity contribution in [3.63, 3.8) is 0 Å². The lowest BCUT2D eigenvalue weighted by Gasteiger charge is -2.37. The number of benzene rings is 1. The molecule has 0 saturated heterocycles. The molecule has 0 radical (unpaired) electrons. The van der Waals surface area contributed by atoms with Crippen LogP contribution in [0, 0.1) is 5.41 Å². The number of hydrogen-bond acceptors (Lipinski definition) is 3. The Bertz CT molecular complexity index is 585. The van der Waals surface area contributed by atoms with Crippen LogP contribution in [0.1, 0.15) is 27.2 Å². The van der Waals surface area contributed by atoms with Crippen LogP contribution in [0.25, 0.3) is 0 Å². The van der Waals surface area contributed by atoms with Crippen molar-refractivity contribution >= 4 is 29.2 Å². The molecule has 0 aliphatic carbocycles. The maximum absolute atomic E-state index is 12.5. The van der Waals surface area contributed by atoms with Crippen molar-refractivity contribution < 1.29 is 19.4 Å². The van der Waals surface area contributed by atoms with Crippen molar-refractivity contribution in [2.24, 2.45) is 5.41 Å². The first kappa shape index (κ1) is 15.6. The average molecular weight is 312 g/mol. The second kappa shape index (κ2) is 5.56. The Hall–Kier alpha value is -1.75. The molecule has 0 spiro atoms. The Labute approximate surface area is 128 Å². The Kier molecular flexibility index (Phi) is 4.14. The molecule has 1 N–H and O–H groups in total. The molecule has 21 heavy (non-hydrogen) atoms. The summed E-state index contributed by atoms with van der Waals surface area (Å²) in [6.07, 6.45) is -0.0754. The van der Waals surface area contributed by atoms with E-state index in [1.165, 1.54) is 4.90 Å². The Morgan fingerprint density at radius 2 is 2.14 bits per heavy atom. The predicted octanol–water partition coefficient (Wildman–Crippen LogP) is 2.95. The van der Waals surface area contributed by atoms with E-state index in [4.69, 9.17) is 16.3 Å². The number of amides is 1. The van der Waals surface area contributed by atoms with Gasteiger partial charge in [0.2, 0.25) is 0 Å². The summed E-state index contributed by atoms with van der Waals surface area (Å²) in [4.78, 5) is 25.3. The van der Waals surface area contributed by atoms with Crippen molar-refractivity contribution in [3.8, 4) is 5.75 Å². The standard InChI is InChI=1S/C15H18ClNO4/c1-4-11-13(18)17(8-15(2,3)14(19)20)10-7-9(16)5-6-12(10)21-11/h5-7,11H,4,8H2,1-3H3,(H,19,20). The molecule has 0 fully saturated rings. The van der Waals surface area contributed by atoms with Gasteiger partial charge in [0.25, 0.3) is 5.91 Å². The number of hydrogen-bond donors (Lipinski definition) is 1. The van der Waals surface area contributed by atoms with Gasteiger partial charge in [-0.3, -0.25) is 9.59 Å². The smallest absolute Gasteiger partial charge is 0.310 e. The van der Waals surface area contributed by atoms with Gasteiger partial charge in [-0.1, -0.05) is 18.5 Å². The molecule has 1 aromatic rings. The monoisotopic (exact) mass is 311 g/mol. The molecule has 1 aromatic carbocycles. The number of anilines is 1. The molecule has 0 aromatic heterocycles. The molecule has 1 heterocycles. The third-order valence-electron chi connectivity index (χ3n) is 3.53. The number of rotatable bonds is 4. The zero-order valence-electron chi connectivity index (χ0n) is 12.2. The second-order valence-electron chi connectivity index (χ2n) is 5.74. The summed E-state index contributed by atoms with van der Waals surface area (Å²) in [5, 5.41) is 9.76. The third-order valence-corrected chi connectivity index (χ3v) is 3.76. The summed E-state index contributed by atoms with van der Waals surface area (Å²) in [5.74, 6) is -0.646. The van der Waals surface area contributed by atoms with E-state index in [0.717, 1.165) is 0 Å². The van der Waals surface area contributed by atoms with E-state index in [2.05, 4.69) is 0 Å². The van der Waals surface area contributed by atoms with E-state index in [1.807, 2.05) is 6.92 Å². The fourth-order valence-corrected chi connectivity index (χ4v) is 2.35. The molecule has 1 aliphatic heterocycles. The molecular formula is C15H18ClNO4. The Balaban J connectivity index is 2.45. The zero-order chi connectivity index (χ0) is 15.8. The summed E-state index contributed by atoms with van der Waals surface area (Å²) in [5.41, 5.74) is -0.545. The van der Waals surface area contributed by atoms with Crippen LogP contribution >= 0.6 is 11.6 Å². The van der Waals surface area contributed by atoms with Gasteiger partial charge in [0.1, 0.15) is 5.75 Å². The highest BCUT2D eigenvalue weighted by atomic mass is 35.5. The van der Waals surface area contributed by atoms with Gasteiger partial charge in [0.15, 0.2) is 6.10 Å². The topological polar surface area (TPSA) is 66.8 Å². The fourth-order valence-electron chi connectivity index (χ4n) is 2.18. The van der Waals surface area contributed by atoms with E-state index in [1.54, 1.807) is 32.0 Å². The summed E-state index contributed by atoms with van der Waals surface area (Å²) < 4.78 is 5.66. The first-order valence-corrected chi connectivity index (χ1v) is 7.15. The largest absolute Gasteiger partial charge is 0.481 e. The number of carboxylic acid groups (broad SMARTS) is 1. The minimum atomic E-state index is -1.06. The maximum Gasteiger partial charge on any atom is 0.310 e. The molecule has 5 nitrogen and oxygen atoms in total. The lowest BCUT2D eigenvalue weighted by atomic mass is 9.92. The van der Waals surface area contributed by atoms with Crippen LogP contribution in [0.15, 0.2) is 18.2 Å². The zero-order valence-corrected chi connectivity index (χ0v) is 13.0. The van der Waals surface area contributed by atoms with Gasteiger partial charge in [-0.25, -0.2) is 0 Å². The first-order valence-electron chi connectivity index (χ1n) is 6.77. The molecule has 1 aliphatic rings. The average Bonchev–Trinajstić information content (AvgIpc) is 2.41. The molecular weight excluding hydrogens is 294 g/mol. The van der Waals surface area contributed by atoms with Gasteiger partial charge < -0.3 is 14.7 Å². The lowest BCUT2D eigenvalue weighted by Crippen LogP contribution is -2.50. The van der Waals surface area contributed by atoms with Gasteiger partial charge in [0, 0.05) is 11.6 Å². The lowest BCUT2D eigenvalue weighted by molar-refractivity contribution is -0.146. The van der Waals surface area contributed by atoms with Crippen LogP contribution in [0.4, 0.5) is 5.69 Å². The number of carbonyl (C=O) groups is 2. The first-order chi connectivity index (χ1) is 9.76. The van der Waals surface area contributed by atoms with E-state index < -0.39 is 17.5 Å². The van der Waals surface area contributed by atoms with E-state index >= 15 is 0 Å². The Morgan fingerprint density at radius 1 is 1.48 bits per heavy atom. The van der Waals surface area contributed by atoms with Crippen LogP contribution in [0.5, 0.6) is 5.75 Å². The second-order valence-corrected chi connectivity index (χ2v) is 6.18. The number of carboxylic acids is 1. The van der Waals surface area contributed by atoms with Gasteiger partial charge in [-0.2, -0.15) is 0 Å². The Morgan fingerprint density at radius 3 is 2.71 bits per heavy atom. The van der Waals surface area contributed by atoms with Crippen molar-refractivity contribution in [2.45, 2.75) is 33.3 Å².